The highest BCUT2D eigenvalue weighted by Crippen LogP contribution is 2.35. The van der Waals surface area contributed by atoms with Gasteiger partial charge in [0.2, 0.25) is 10.0 Å². The summed E-state index contributed by atoms with van der Waals surface area (Å²) in [5, 5.41) is 0.0482. The number of anilines is 2. The van der Waals surface area contributed by atoms with Crippen molar-refractivity contribution >= 4 is 38.4 Å². The number of aryl methyl sites for hydroxylation is 1. The number of carbonyl (C=O) groups excluding carboxylic acids is 1. The van der Waals surface area contributed by atoms with Crippen molar-refractivity contribution in [1.29, 1.82) is 0 Å². The van der Waals surface area contributed by atoms with Gasteiger partial charge in [-0.2, -0.15) is 0 Å². The summed E-state index contributed by atoms with van der Waals surface area (Å²) in [6.45, 7) is 4.66. The first-order valence-electron chi connectivity index (χ1n) is 8.51. The number of sulfonamides is 1. The molecular weight excluding hydrogens is 368 g/mol. The molecule has 0 fully saturated rings. The molecule has 1 aliphatic heterocycles. The first kappa shape index (κ1) is 18.8. The van der Waals surface area contributed by atoms with Gasteiger partial charge in [-0.3, -0.25) is 9.52 Å². The zero-order valence-corrected chi connectivity index (χ0v) is 16.5. The van der Waals surface area contributed by atoms with Gasteiger partial charge in [0.1, 0.15) is 0 Å². The molecule has 138 valence electrons. The second-order valence-corrected chi connectivity index (χ2v) is 9.05. The largest absolute Gasteiger partial charge is 0.303 e. The molecule has 2 aromatic rings. The standard InChI is InChI=1S/C19H22N2O3S2/c1-3-10-21-18-9-8-17(11-16(18)12-25-19(21)22)20-26(23,24)13-15-6-4-14(2)5-7-15/h4-9,11,20H,3,10,12-13H2,1-2H3. The van der Waals surface area contributed by atoms with Gasteiger partial charge in [-0.1, -0.05) is 48.5 Å². The molecular formula is C19H22N2O3S2. The van der Waals surface area contributed by atoms with Crippen molar-refractivity contribution in [2.24, 2.45) is 0 Å². The van der Waals surface area contributed by atoms with Gasteiger partial charge in [-0.15, -0.1) is 0 Å². The van der Waals surface area contributed by atoms with Crippen LogP contribution in [0.4, 0.5) is 16.2 Å². The number of benzene rings is 2. The highest BCUT2D eigenvalue weighted by molar-refractivity contribution is 8.13. The van der Waals surface area contributed by atoms with E-state index in [1.54, 1.807) is 11.0 Å². The number of hydrogen-bond acceptors (Lipinski definition) is 4. The molecule has 2 aromatic carbocycles. The number of amides is 1. The Hall–Kier alpha value is -1.99. The molecule has 0 aliphatic carbocycles. The lowest BCUT2D eigenvalue weighted by atomic mass is 10.1. The highest BCUT2D eigenvalue weighted by Gasteiger charge is 2.24. The van der Waals surface area contributed by atoms with Crippen molar-refractivity contribution in [2.45, 2.75) is 31.8 Å². The summed E-state index contributed by atoms with van der Waals surface area (Å²) >= 11 is 1.25. The number of fused-ring (bicyclic) bond motifs is 1. The van der Waals surface area contributed by atoms with Crippen LogP contribution >= 0.6 is 11.8 Å². The van der Waals surface area contributed by atoms with E-state index >= 15 is 0 Å². The quantitative estimate of drug-likeness (QED) is 0.787. The lowest BCUT2D eigenvalue weighted by Crippen LogP contribution is -2.31. The van der Waals surface area contributed by atoms with E-state index in [1.807, 2.05) is 50.2 Å². The number of rotatable bonds is 6. The molecule has 0 atom stereocenters. The minimum absolute atomic E-state index is 0.0482. The minimum atomic E-state index is -3.50. The van der Waals surface area contributed by atoms with E-state index in [4.69, 9.17) is 0 Å². The Morgan fingerprint density at radius 1 is 1.15 bits per heavy atom. The summed E-state index contributed by atoms with van der Waals surface area (Å²) < 4.78 is 27.6. The van der Waals surface area contributed by atoms with Gasteiger partial charge in [0.05, 0.1) is 5.75 Å². The van der Waals surface area contributed by atoms with Crippen molar-refractivity contribution < 1.29 is 13.2 Å². The molecule has 1 N–H and O–H groups in total. The van der Waals surface area contributed by atoms with E-state index < -0.39 is 10.0 Å². The molecule has 1 aliphatic rings. The monoisotopic (exact) mass is 390 g/mol. The van der Waals surface area contributed by atoms with Crippen LogP contribution in [0.3, 0.4) is 0 Å². The lowest BCUT2D eigenvalue weighted by Gasteiger charge is -2.28. The predicted octanol–water partition coefficient (Wildman–Crippen LogP) is 4.52. The highest BCUT2D eigenvalue weighted by atomic mass is 32.2. The number of thioether (sulfide) groups is 1. The molecule has 0 spiro atoms. The lowest BCUT2D eigenvalue weighted by molar-refractivity contribution is 0.264. The van der Waals surface area contributed by atoms with Crippen LogP contribution in [0, 0.1) is 6.92 Å². The van der Waals surface area contributed by atoms with Crippen LogP contribution < -0.4 is 9.62 Å². The van der Waals surface area contributed by atoms with E-state index in [9.17, 15) is 13.2 Å². The Bertz CT molecular complexity index is 909. The van der Waals surface area contributed by atoms with E-state index in [-0.39, 0.29) is 11.0 Å². The minimum Gasteiger partial charge on any atom is -0.303 e. The Morgan fingerprint density at radius 2 is 1.88 bits per heavy atom. The average Bonchev–Trinajstić information content (AvgIpc) is 2.59. The molecule has 7 heteroatoms. The van der Waals surface area contributed by atoms with Crippen LogP contribution in [0.5, 0.6) is 0 Å². The van der Waals surface area contributed by atoms with Crippen LogP contribution in [-0.4, -0.2) is 20.2 Å². The molecule has 1 heterocycles. The van der Waals surface area contributed by atoms with Gasteiger partial charge in [0, 0.05) is 23.7 Å². The van der Waals surface area contributed by atoms with Gasteiger partial charge in [0.15, 0.2) is 0 Å². The van der Waals surface area contributed by atoms with Crippen molar-refractivity contribution in [3.8, 4) is 0 Å². The molecule has 0 saturated carbocycles. The summed E-state index contributed by atoms with van der Waals surface area (Å²) in [6, 6.07) is 12.8. The predicted molar refractivity (Wildman–Crippen MR) is 108 cm³/mol. The zero-order chi connectivity index (χ0) is 18.7. The van der Waals surface area contributed by atoms with E-state index in [1.165, 1.54) is 11.8 Å². The smallest absolute Gasteiger partial charge is 0.286 e. The molecule has 0 bridgehead atoms. The molecule has 1 amide bonds. The summed E-state index contributed by atoms with van der Waals surface area (Å²) in [5.74, 6) is 0.488. The van der Waals surface area contributed by atoms with E-state index in [2.05, 4.69) is 4.72 Å². The molecule has 3 rings (SSSR count). The van der Waals surface area contributed by atoms with Crippen molar-refractivity contribution in [3.63, 3.8) is 0 Å². The first-order chi connectivity index (χ1) is 12.4. The fourth-order valence-electron chi connectivity index (χ4n) is 2.90. The summed E-state index contributed by atoms with van der Waals surface area (Å²) in [6.07, 6.45) is 0.872. The van der Waals surface area contributed by atoms with Gasteiger partial charge in [-0.05, 0) is 42.7 Å². The molecule has 26 heavy (non-hydrogen) atoms. The van der Waals surface area contributed by atoms with E-state index in [0.29, 0.717) is 18.0 Å². The van der Waals surface area contributed by atoms with E-state index in [0.717, 1.165) is 28.8 Å². The molecule has 0 saturated heterocycles. The number of nitrogens with zero attached hydrogens (tertiary/aromatic N) is 1. The van der Waals surface area contributed by atoms with Crippen molar-refractivity contribution in [2.75, 3.05) is 16.2 Å². The summed E-state index contributed by atoms with van der Waals surface area (Å²) in [4.78, 5) is 13.8. The summed E-state index contributed by atoms with van der Waals surface area (Å²) in [7, 11) is -3.50. The van der Waals surface area contributed by atoms with Gasteiger partial charge >= 0.3 is 0 Å². The number of nitrogens with one attached hydrogen (secondary N) is 1. The second-order valence-electron chi connectivity index (χ2n) is 6.40. The SMILES string of the molecule is CCCN1C(=O)SCc2cc(NS(=O)(=O)Cc3ccc(C)cc3)ccc21. The summed E-state index contributed by atoms with van der Waals surface area (Å²) in [5.41, 5.74) is 4.21. The maximum absolute atomic E-state index is 12.5. The third-order valence-corrected chi connectivity index (χ3v) is 6.32. The maximum atomic E-state index is 12.5. The Kier molecular flexibility index (Phi) is 5.58. The molecule has 5 nitrogen and oxygen atoms in total. The average molecular weight is 391 g/mol. The van der Waals surface area contributed by atoms with Crippen molar-refractivity contribution in [3.05, 3.63) is 59.2 Å². The molecule has 0 aromatic heterocycles. The van der Waals surface area contributed by atoms with Crippen LogP contribution in [0.15, 0.2) is 42.5 Å². The first-order valence-corrected chi connectivity index (χ1v) is 11.1. The van der Waals surface area contributed by atoms with Gasteiger partial charge in [-0.25, -0.2) is 8.42 Å². The fourth-order valence-corrected chi connectivity index (χ4v) is 4.94. The second kappa shape index (κ2) is 7.72. The topological polar surface area (TPSA) is 66.5 Å². The third kappa shape index (κ3) is 4.40. The van der Waals surface area contributed by atoms with Crippen molar-refractivity contribution in [1.82, 2.24) is 0 Å². The van der Waals surface area contributed by atoms with Crippen LogP contribution in [0.25, 0.3) is 0 Å². The molecule has 0 unspecified atom stereocenters. The van der Waals surface area contributed by atoms with Gasteiger partial charge < -0.3 is 4.90 Å². The van der Waals surface area contributed by atoms with Crippen LogP contribution in [0.2, 0.25) is 0 Å². The normalized spacial score (nSPS) is 14.2. The maximum Gasteiger partial charge on any atom is 0.286 e. The third-order valence-electron chi connectivity index (χ3n) is 4.14. The number of hydrogen-bond donors (Lipinski definition) is 1. The number of carbonyl (C=O) groups is 1. The fraction of sp³-hybridized carbons (Fsp3) is 0.316. The molecule has 0 radical (unpaired) electrons. The van der Waals surface area contributed by atoms with Crippen LogP contribution in [-0.2, 0) is 21.5 Å². The Balaban J connectivity index is 1.78. The zero-order valence-electron chi connectivity index (χ0n) is 14.9. The Morgan fingerprint density at radius 3 is 2.58 bits per heavy atom. The van der Waals surface area contributed by atoms with Gasteiger partial charge in [0.25, 0.3) is 5.24 Å². The Labute approximate surface area is 158 Å². The van der Waals surface area contributed by atoms with Crippen LogP contribution in [0.1, 0.15) is 30.0 Å².